The molecule has 1 aromatic heterocycles. The molecule has 0 bridgehead atoms. The molecule has 84 valence electrons. The normalized spacial score (nSPS) is 25.7. The first-order chi connectivity index (χ1) is 7.15. The second-order valence-corrected chi connectivity index (χ2v) is 4.32. The molecule has 1 aromatic rings. The second-order valence-electron chi connectivity index (χ2n) is 4.32. The van der Waals surface area contributed by atoms with E-state index in [-0.39, 0.29) is 6.10 Å². The lowest BCUT2D eigenvalue weighted by molar-refractivity contribution is 0.178. The van der Waals surface area contributed by atoms with Crippen LogP contribution >= 0.6 is 0 Å². The van der Waals surface area contributed by atoms with E-state index in [0.29, 0.717) is 11.6 Å². The van der Waals surface area contributed by atoms with Crippen LogP contribution in [0.2, 0.25) is 0 Å². The third-order valence-electron chi connectivity index (χ3n) is 2.93. The summed E-state index contributed by atoms with van der Waals surface area (Å²) < 4.78 is 1.70. The minimum absolute atomic E-state index is 0.113. The molecular formula is C10H18N4O. The summed E-state index contributed by atoms with van der Waals surface area (Å²) in [5, 5.41) is 16.8. The topological polar surface area (TPSA) is 76.1 Å². The van der Waals surface area contributed by atoms with Gasteiger partial charge in [-0.2, -0.15) is 5.10 Å². The van der Waals surface area contributed by atoms with Crippen LogP contribution in [0.25, 0.3) is 0 Å². The highest BCUT2D eigenvalue weighted by atomic mass is 16.3. The fraction of sp³-hybridized carbons (Fsp3) is 0.700. The molecule has 4 N–H and O–H groups in total. The zero-order valence-corrected chi connectivity index (χ0v) is 8.98. The Hall–Kier alpha value is -1.23. The number of aliphatic hydroxyl groups excluding tert-OH is 1. The van der Waals surface area contributed by atoms with Crippen LogP contribution in [0.1, 0.15) is 19.3 Å². The number of aliphatic hydroxyl groups is 1. The summed E-state index contributed by atoms with van der Waals surface area (Å²) in [5.74, 6) is 1.29. The highest BCUT2D eigenvalue weighted by Gasteiger charge is 2.22. The highest BCUT2D eigenvalue weighted by molar-refractivity contribution is 5.59. The van der Waals surface area contributed by atoms with Gasteiger partial charge in [-0.05, 0) is 25.2 Å². The van der Waals surface area contributed by atoms with E-state index in [0.717, 1.165) is 31.6 Å². The number of aryl methyl sites for hydroxylation is 1. The number of nitrogen functional groups attached to an aromatic ring is 1. The number of aromatic nitrogens is 2. The summed E-state index contributed by atoms with van der Waals surface area (Å²) in [7, 11) is 1.85. The predicted molar refractivity (Wildman–Crippen MR) is 59.5 cm³/mol. The molecule has 5 heteroatoms. The Labute approximate surface area is 89.3 Å². The van der Waals surface area contributed by atoms with Crippen LogP contribution in [0.5, 0.6) is 0 Å². The summed E-state index contributed by atoms with van der Waals surface area (Å²) in [5.41, 5.74) is 6.44. The van der Waals surface area contributed by atoms with Gasteiger partial charge in [-0.3, -0.25) is 4.68 Å². The molecular weight excluding hydrogens is 192 g/mol. The van der Waals surface area contributed by atoms with Gasteiger partial charge in [-0.25, -0.2) is 0 Å². The van der Waals surface area contributed by atoms with E-state index in [9.17, 15) is 5.11 Å². The summed E-state index contributed by atoms with van der Waals surface area (Å²) in [4.78, 5) is 0. The number of nitrogens with zero attached hydrogens (tertiary/aromatic N) is 2. The van der Waals surface area contributed by atoms with Gasteiger partial charge in [0.05, 0.1) is 11.8 Å². The highest BCUT2D eigenvalue weighted by Crippen LogP contribution is 2.26. The average Bonchev–Trinajstić information content (AvgIpc) is 2.70. The molecule has 0 radical (unpaired) electrons. The number of hydrogen-bond acceptors (Lipinski definition) is 4. The van der Waals surface area contributed by atoms with Gasteiger partial charge in [-0.15, -0.1) is 0 Å². The van der Waals surface area contributed by atoms with Crippen molar-refractivity contribution in [3.63, 3.8) is 0 Å². The first-order valence-electron chi connectivity index (χ1n) is 5.36. The van der Waals surface area contributed by atoms with Gasteiger partial charge in [-0.1, -0.05) is 0 Å². The molecule has 2 unspecified atom stereocenters. The Morgan fingerprint density at radius 3 is 3.00 bits per heavy atom. The van der Waals surface area contributed by atoms with E-state index in [2.05, 4.69) is 10.4 Å². The van der Waals surface area contributed by atoms with Gasteiger partial charge in [0.1, 0.15) is 0 Å². The fourth-order valence-electron chi connectivity index (χ4n) is 2.12. The van der Waals surface area contributed by atoms with Crippen molar-refractivity contribution in [2.24, 2.45) is 13.0 Å². The van der Waals surface area contributed by atoms with Crippen LogP contribution in [0.15, 0.2) is 6.20 Å². The van der Waals surface area contributed by atoms with Crippen LogP contribution in [0.3, 0.4) is 0 Å². The van der Waals surface area contributed by atoms with E-state index in [1.807, 2.05) is 7.05 Å². The Bertz CT molecular complexity index is 336. The SMILES string of the molecule is Cn1cc(N)c(NCC2CCC(O)C2)n1. The Morgan fingerprint density at radius 1 is 1.67 bits per heavy atom. The van der Waals surface area contributed by atoms with Crippen LogP contribution in [0, 0.1) is 5.92 Å². The van der Waals surface area contributed by atoms with Crippen LogP contribution in [-0.4, -0.2) is 27.5 Å². The minimum atomic E-state index is -0.113. The van der Waals surface area contributed by atoms with E-state index >= 15 is 0 Å². The third kappa shape index (κ3) is 2.41. The standard InChI is InChI=1S/C10H18N4O/c1-14-6-9(11)10(13-14)12-5-7-2-3-8(15)4-7/h6-8,15H,2-5,11H2,1H3,(H,12,13). The summed E-state index contributed by atoms with van der Waals surface area (Å²) in [6.07, 6.45) is 4.56. The van der Waals surface area contributed by atoms with E-state index in [1.165, 1.54) is 0 Å². The second kappa shape index (κ2) is 4.10. The summed E-state index contributed by atoms with van der Waals surface area (Å²) in [6, 6.07) is 0. The summed E-state index contributed by atoms with van der Waals surface area (Å²) >= 11 is 0. The van der Waals surface area contributed by atoms with Crippen molar-refractivity contribution in [2.45, 2.75) is 25.4 Å². The summed E-state index contributed by atoms with van der Waals surface area (Å²) in [6.45, 7) is 0.846. The van der Waals surface area contributed by atoms with Crippen molar-refractivity contribution in [1.82, 2.24) is 9.78 Å². The molecule has 1 aliphatic rings. The monoisotopic (exact) mass is 210 g/mol. The lowest BCUT2D eigenvalue weighted by Crippen LogP contribution is -2.13. The van der Waals surface area contributed by atoms with Crippen LogP contribution in [0.4, 0.5) is 11.5 Å². The molecule has 0 spiro atoms. The van der Waals surface area contributed by atoms with Crippen molar-refractivity contribution in [2.75, 3.05) is 17.6 Å². The van der Waals surface area contributed by atoms with Gasteiger partial charge in [0, 0.05) is 19.8 Å². The Kier molecular flexibility index (Phi) is 2.81. The van der Waals surface area contributed by atoms with E-state index < -0.39 is 0 Å². The predicted octanol–water partition coefficient (Wildman–Crippen LogP) is 0.575. The largest absolute Gasteiger partial charge is 0.394 e. The number of rotatable bonds is 3. The Balaban J connectivity index is 1.85. The number of nitrogens with one attached hydrogen (secondary N) is 1. The molecule has 0 saturated heterocycles. The number of anilines is 2. The maximum atomic E-state index is 9.38. The molecule has 1 saturated carbocycles. The van der Waals surface area contributed by atoms with Gasteiger partial charge in [0.2, 0.25) is 0 Å². The van der Waals surface area contributed by atoms with E-state index in [4.69, 9.17) is 5.73 Å². The van der Waals surface area contributed by atoms with Crippen molar-refractivity contribution < 1.29 is 5.11 Å². The molecule has 0 amide bonds. The van der Waals surface area contributed by atoms with Crippen molar-refractivity contribution in [3.05, 3.63) is 6.20 Å². The van der Waals surface area contributed by atoms with Gasteiger partial charge >= 0.3 is 0 Å². The first-order valence-corrected chi connectivity index (χ1v) is 5.36. The van der Waals surface area contributed by atoms with Gasteiger partial charge < -0.3 is 16.2 Å². The number of nitrogens with two attached hydrogens (primary N) is 1. The third-order valence-corrected chi connectivity index (χ3v) is 2.93. The molecule has 15 heavy (non-hydrogen) atoms. The number of hydrogen-bond donors (Lipinski definition) is 3. The molecule has 5 nitrogen and oxygen atoms in total. The van der Waals surface area contributed by atoms with Crippen LogP contribution < -0.4 is 11.1 Å². The minimum Gasteiger partial charge on any atom is -0.394 e. The maximum Gasteiger partial charge on any atom is 0.171 e. The molecule has 2 atom stereocenters. The van der Waals surface area contributed by atoms with Crippen molar-refractivity contribution in [1.29, 1.82) is 0 Å². The molecule has 1 fully saturated rings. The zero-order chi connectivity index (χ0) is 10.8. The van der Waals surface area contributed by atoms with Crippen LogP contribution in [-0.2, 0) is 7.05 Å². The lowest BCUT2D eigenvalue weighted by Gasteiger charge is -2.10. The fourth-order valence-corrected chi connectivity index (χ4v) is 2.12. The molecule has 0 aromatic carbocycles. The van der Waals surface area contributed by atoms with Crippen molar-refractivity contribution >= 4 is 11.5 Å². The van der Waals surface area contributed by atoms with Crippen molar-refractivity contribution in [3.8, 4) is 0 Å². The first kappa shape index (κ1) is 10.3. The molecule has 0 aliphatic heterocycles. The van der Waals surface area contributed by atoms with Gasteiger partial charge in [0.15, 0.2) is 5.82 Å². The van der Waals surface area contributed by atoms with E-state index in [1.54, 1.807) is 10.9 Å². The zero-order valence-electron chi connectivity index (χ0n) is 8.98. The Morgan fingerprint density at radius 2 is 2.47 bits per heavy atom. The maximum absolute atomic E-state index is 9.38. The lowest BCUT2D eigenvalue weighted by atomic mass is 10.1. The molecule has 1 aliphatic carbocycles. The smallest absolute Gasteiger partial charge is 0.171 e. The quantitative estimate of drug-likeness (QED) is 0.682. The van der Waals surface area contributed by atoms with Gasteiger partial charge in [0.25, 0.3) is 0 Å². The average molecular weight is 210 g/mol. The molecule has 2 rings (SSSR count). The molecule has 1 heterocycles.